The zero-order valence-corrected chi connectivity index (χ0v) is 12.6. The molecule has 2 atom stereocenters. The maximum atomic E-state index is 11.8. The second-order valence-electron chi connectivity index (χ2n) is 5.79. The third-order valence-electron chi connectivity index (χ3n) is 4.03. The van der Waals surface area contributed by atoms with Gasteiger partial charge in [0, 0.05) is 24.5 Å². The molecule has 2 heterocycles. The molecule has 0 spiro atoms. The quantitative estimate of drug-likeness (QED) is 0.846. The van der Waals surface area contributed by atoms with Crippen molar-refractivity contribution in [3.8, 4) is 0 Å². The molecule has 0 saturated carbocycles. The van der Waals surface area contributed by atoms with Crippen LogP contribution in [0.5, 0.6) is 0 Å². The molecular formula is C15H21N3O4. The van der Waals surface area contributed by atoms with Crippen molar-refractivity contribution in [3.63, 3.8) is 0 Å². The van der Waals surface area contributed by atoms with Crippen LogP contribution >= 0.6 is 0 Å². The minimum Gasteiger partial charge on any atom is -0.443 e. The number of aliphatic hydroxyl groups is 1. The summed E-state index contributed by atoms with van der Waals surface area (Å²) < 4.78 is 10.5. The SMILES string of the molecule is CC1(O)COCCN1c1ccc(N2C[C@H](CN)OC2=O)cc1. The number of amides is 1. The smallest absolute Gasteiger partial charge is 0.414 e. The molecule has 120 valence electrons. The molecule has 1 amide bonds. The highest BCUT2D eigenvalue weighted by Gasteiger charge is 2.34. The van der Waals surface area contributed by atoms with Gasteiger partial charge in [-0.1, -0.05) is 0 Å². The molecule has 1 unspecified atom stereocenters. The Bertz CT molecular complexity index is 546. The van der Waals surface area contributed by atoms with E-state index in [0.29, 0.717) is 26.2 Å². The largest absolute Gasteiger partial charge is 0.443 e. The number of nitrogens with two attached hydrogens (primary N) is 1. The molecule has 0 bridgehead atoms. The van der Waals surface area contributed by atoms with Crippen molar-refractivity contribution in [1.82, 2.24) is 0 Å². The Balaban J connectivity index is 1.77. The van der Waals surface area contributed by atoms with Gasteiger partial charge in [0.05, 0.1) is 19.8 Å². The van der Waals surface area contributed by atoms with Crippen LogP contribution in [0.15, 0.2) is 24.3 Å². The van der Waals surface area contributed by atoms with E-state index in [1.165, 1.54) is 0 Å². The van der Waals surface area contributed by atoms with Gasteiger partial charge in [0.25, 0.3) is 0 Å². The molecule has 0 aromatic heterocycles. The summed E-state index contributed by atoms with van der Waals surface area (Å²) in [5.41, 5.74) is 6.16. The van der Waals surface area contributed by atoms with Crippen LogP contribution in [-0.2, 0) is 9.47 Å². The Morgan fingerprint density at radius 2 is 2.05 bits per heavy atom. The summed E-state index contributed by atoms with van der Waals surface area (Å²) in [6.45, 7) is 3.97. The van der Waals surface area contributed by atoms with Crippen LogP contribution in [0.25, 0.3) is 0 Å². The second-order valence-corrected chi connectivity index (χ2v) is 5.79. The number of anilines is 2. The molecule has 2 aliphatic heterocycles. The Hall–Kier alpha value is -1.83. The Morgan fingerprint density at radius 3 is 2.64 bits per heavy atom. The minimum atomic E-state index is -1.03. The number of cyclic esters (lactones) is 1. The molecule has 0 radical (unpaired) electrons. The van der Waals surface area contributed by atoms with Gasteiger partial charge in [0.1, 0.15) is 6.10 Å². The number of carbonyl (C=O) groups is 1. The molecule has 2 aliphatic rings. The summed E-state index contributed by atoms with van der Waals surface area (Å²) in [4.78, 5) is 15.3. The lowest BCUT2D eigenvalue weighted by Crippen LogP contribution is -2.55. The third-order valence-corrected chi connectivity index (χ3v) is 4.03. The first kappa shape index (κ1) is 15.1. The molecule has 7 nitrogen and oxygen atoms in total. The predicted octanol–water partition coefficient (Wildman–Crippen LogP) is 0.516. The van der Waals surface area contributed by atoms with E-state index in [0.717, 1.165) is 11.4 Å². The van der Waals surface area contributed by atoms with Crippen LogP contribution in [0.1, 0.15) is 6.92 Å². The highest BCUT2D eigenvalue weighted by Crippen LogP contribution is 2.29. The fourth-order valence-corrected chi connectivity index (χ4v) is 2.81. The van der Waals surface area contributed by atoms with E-state index in [9.17, 15) is 9.90 Å². The standard InChI is InChI=1S/C15H21N3O4/c1-15(20)10-21-7-6-18(15)12-4-2-11(3-5-12)17-9-13(8-16)22-14(17)19/h2-5,13,20H,6-10,16H2,1H3/t13-,15?/m0/s1. The summed E-state index contributed by atoms with van der Waals surface area (Å²) >= 11 is 0. The molecule has 1 aromatic carbocycles. The fraction of sp³-hybridized carbons (Fsp3) is 0.533. The molecule has 2 saturated heterocycles. The number of hydrogen-bond donors (Lipinski definition) is 2. The van der Waals surface area contributed by atoms with Crippen molar-refractivity contribution >= 4 is 17.5 Å². The van der Waals surface area contributed by atoms with Gasteiger partial charge >= 0.3 is 6.09 Å². The molecule has 3 rings (SSSR count). The van der Waals surface area contributed by atoms with Gasteiger partial charge < -0.3 is 25.2 Å². The molecule has 0 aliphatic carbocycles. The lowest BCUT2D eigenvalue weighted by Gasteiger charge is -2.42. The summed E-state index contributed by atoms with van der Waals surface area (Å²) in [5.74, 6) is 0. The number of nitrogens with zero attached hydrogens (tertiary/aromatic N) is 2. The van der Waals surface area contributed by atoms with Gasteiger partial charge in [-0.3, -0.25) is 4.90 Å². The number of morpholine rings is 1. The van der Waals surface area contributed by atoms with E-state index in [1.807, 2.05) is 29.2 Å². The molecular weight excluding hydrogens is 286 g/mol. The maximum absolute atomic E-state index is 11.8. The van der Waals surface area contributed by atoms with Crippen LogP contribution in [0.4, 0.5) is 16.2 Å². The maximum Gasteiger partial charge on any atom is 0.414 e. The van der Waals surface area contributed by atoms with E-state index in [-0.39, 0.29) is 18.8 Å². The van der Waals surface area contributed by atoms with E-state index in [1.54, 1.807) is 11.8 Å². The number of hydrogen-bond acceptors (Lipinski definition) is 6. The zero-order chi connectivity index (χ0) is 15.7. The predicted molar refractivity (Wildman–Crippen MR) is 81.9 cm³/mol. The van der Waals surface area contributed by atoms with Crippen molar-refractivity contribution < 1.29 is 19.4 Å². The van der Waals surface area contributed by atoms with E-state index >= 15 is 0 Å². The Kier molecular flexibility index (Phi) is 3.94. The first-order valence-corrected chi connectivity index (χ1v) is 7.37. The van der Waals surface area contributed by atoms with Crippen molar-refractivity contribution in [1.29, 1.82) is 0 Å². The molecule has 3 N–H and O–H groups in total. The van der Waals surface area contributed by atoms with Gasteiger partial charge in [0.2, 0.25) is 0 Å². The average molecular weight is 307 g/mol. The van der Waals surface area contributed by atoms with E-state index in [2.05, 4.69) is 0 Å². The number of ether oxygens (including phenoxy) is 2. The van der Waals surface area contributed by atoms with Crippen molar-refractivity contribution in [3.05, 3.63) is 24.3 Å². The lowest BCUT2D eigenvalue weighted by molar-refractivity contribution is -0.0621. The summed E-state index contributed by atoms with van der Waals surface area (Å²) in [6, 6.07) is 7.47. The number of benzene rings is 1. The highest BCUT2D eigenvalue weighted by molar-refractivity contribution is 5.90. The molecule has 7 heteroatoms. The van der Waals surface area contributed by atoms with E-state index < -0.39 is 5.72 Å². The molecule has 2 fully saturated rings. The first-order valence-electron chi connectivity index (χ1n) is 7.37. The van der Waals surface area contributed by atoms with Crippen LogP contribution < -0.4 is 15.5 Å². The summed E-state index contributed by atoms with van der Waals surface area (Å²) in [5, 5.41) is 10.4. The van der Waals surface area contributed by atoms with Crippen molar-refractivity contribution in [2.24, 2.45) is 5.73 Å². The normalized spacial score (nSPS) is 28.9. The van der Waals surface area contributed by atoms with Gasteiger partial charge in [-0.25, -0.2) is 4.79 Å². The Morgan fingerprint density at radius 1 is 1.36 bits per heavy atom. The van der Waals surface area contributed by atoms with Crippen LogP contribution in [0.3, 0.4) is 0 Å². The van der Waals surface area contributed by atoms with Crippen LogP contribution in [0, 0.1) is 0 Å². The van der Waals surface area contributed by atoms with Gasteiger partial charge in [0.15, 0.2) is 5.72 Å². The van der Waals surface area contributed by atoms with Gasteiger partial charge in [-0.2, -0.15) is 0 Å². The van der Waals surface area contributed by atoms with E-state index in [4.69, 9.17) is 15.2 Å². The van der Waals surface area contributed by atoms with Crippen LogP contribution in [0.2, 0.25) is 0 Å². The minimum absolute atomic E-state index is 0.257. The first-order chi connectivity index (χ1) is 10.5. The third kappa shape index (κ3) is 2.75. The monoisotopic (exact) mass is 307 g/mol. The topological polar surface area (TPSA) is 88.3 Å². The Labute approximate surface area is 129 Å². The van der Waals surface area contributed by atoms with Gasteiger partial charge in [-0.15, -0.1) is 0 Å². The number of carbonyl (C=O) groups excluding carboxylic acids is 1. The van der Waals surface area contributed by atoms with Crippen LogP contribution in [-0.4, -0.2) is 55.9 Å². The number of rotatable bonds is 3. The van der Waals surface area contributed by atoms with Crippen molar-refractivity contribution in [2.75, 3.05) is 42.6 Å². The fourth-order valence-electron chi connectivity index (χ4n) is 2.81. The summed E-state index contributed by atoms with van der Waals surface area (Å²) in [7, 11) is 0. The average Bonchev–Trinajstić information content (AvgIpc) is 2.88. The van der Waals surface area contributed by atoms with Gasteiger partial charge in [-0.05, 0) is 31.2 Å². The molecule has 1 aromatic rings. The van der Waals surface area contributed by atoms with Crippen molar-refractivity contribution in [2.45, 2.75) is 18.8 Å². The molecule has 22 heavy (non-hydrogen) atoms. The second kappa shape index (κ2) is 5.75. The zero-order valence-electron chi connectivity index (χ0n) is 12.6. The lowest BCUT2D eigenvalue weighted by atomic mass is 10.1. The summed E-state index contributed by atoms with van der Waals surface area (Å²) in [6.07, 6.45) is -0.631. The highest BCUT2D eigenvalue weighted by atomic mass is 16.6.